The Morgan fingerprint density at radius 2 is 2.25 bits per heavy atom. The third-order valence-electron chi connectivity index (χ3n) is 2.50. The number of aromatic nitrogens is 1. The van der Waals surface area contributed by atoms with Crippen molar-refractivity contribution in [3.63, 3.8) is 0 Å². The molecule has 0 aliphatic heterocycles. The van der Waals surface area contributed by atoms with E-state index in [4.69, 9.17) is 0 Å². The third kappa shape index (κ3) is 1.67. The van der Waals surface area contributed by atoms with E-state index in [1.165, 1.54) is 30.7 Å². The summed E-state index contributed by atoms with van der Waals surface area (Å²) in [6, 6.07) is 0. The van der Waals surface area contributed by atoms with Crippen molar-refractivity contribution in [2.45, 2.75) is 36.9 Å². The van der Waals surface area contributed by atoms with Crippen LogP contribution in [0.3, 0.4) is 0 Å². The summed E-state index contributed by atoms with van der Waals surface area (Å²) < 4.78 is 0. The van der Waals surface area contributed by atoms with Gasteiger partial charge in [0.25, 0.3) is 0 Å². The average Bonchev–Trinajstić information content (AvgIpc) is 2.57. The van der Waals surface area contributed by atoms with Gasteiger partial charge in [-0.15, -0.1) is 11.3 Å². The Labute approximate surface area is 82.6 Å². The Kier molecular flexibility index (Phi) is 2.71. The molecule has 0 N–H and O–H groups in total. The molecular formula is C9H13NS2. The van der Waals surface area contributed by atoms with Gasteiger partial charge in [-0.3, -0.25) is 0 Å². The van der Waals surface area contributed by atoms with Crippen LogP contribution in [0.15, 0.2) is 11.6 Å². The third-order valence-corrected chi connectivity index (χ3v) is 4.02. The van der Waals surface area contributed by atoms with E-state index in [0.717, 1.165) is 0 Å². The molecule has 0 spiro atoms. The van der Waals surface area contributed by atoms with E-state index < -0.39 is 0 Å². The number of thiol groups is 1. The van der Waals surface area contributed by atoms with Crippen LogP contribution in [0.4, 0.5) is 0 Å². The summed E-state index contributed by atoms with van der Waals surface area (Å²) in [5.41, 5.74) is 0. The largest absolute Gasteiger partial charge is 0.249 e. The van der Waals surface area contributed by atoms with E-state index >= 15 is 0 Å². The number of thiazole rings is 1. The minimum atomic E-state index is 0.546. The lowest BCUT2D eigenvalue weighted by molar-refractivity contribution is 0.456. The minimum Gasteiger partial charge on any atom is -0.249 e. The van der Waals surface area contributed by atoms with Crippen LogP contribution in [0.25, 0.3) is 0 Å². The fourth-order valence-electron chi connectivity index (χ4n) is 1.82. The molecule has 0 radical (unpaired) electrons. The van der Waals surface area contributed by atoms with Crippen LogP contribution < -0.4 is 0 Å². The number of hydrogen-bond acceptors (Lipinski definition) is 3. The minimum absolute atomic E-state index is 0.546. The average molecular weight is 199 g/mol. The Balaban J connectivity index is 2.11. The highest BCUT2D eigenvalue weighted by molar-refractivity contribution is 7.81. The van der Waals surface area contributed by atoms with Crippen molar-refractivity contribution in [1.29, 1.82) is 0 Å². The van der Waals surface area contributed by atoms with Crippen molar-refractivity contribution in [3.8, 4) is 0 Å². The van der Waals surface area contributed by atoms with E-state index in [2.05, 4.69) is 23.0 Å². The first kappa shape index (κ1) is 8.57. The second-order valence-electron chi connectivity index (χ2n) is 3.33. The monoisotopic (exact) mass is 199 g/mol. The molecule has 1 fully saturated rings. The van der Waals surface area contributed by atoms with E-state index in [0.29, 0.717) is 11.2 Å². The normalized spacial score (nSPS) is 30.4. The van der Waals surface area contributed by atoms with Gasteiger partial charge in [-0.2, -0.15) is 12.6 Å². The van der Waals surface area contributed by atoms with Gasteiger partial charge < -0.3 is 0 Å². The Hall–Kier alpha value is -0.0200. The van der Waals surface area contributed by atoms with Crippen LogP contribution >= 0.6 is 24.0 Å². The maximum absolute atomic E-state index is 4.61. The van der Waals surface area contributed by atoms with Crippen molar-refractivity contribution in [2.75, 3.05) is 0 Å². The van der Waals surface area contributed by atoms with E-state index in [1.54, 1.807) is 11.3 Å². The Morgan fingerprint density at radius 1 is 1.42 bits per heavy atom. The topological polar surface area (TPSA) is 12.9 Å². The summed E-state index contributed by atoms with van der Waals surface area (Å²) in [4.78, 5) is 4.36. The Bertz CT molecular complexity index is 233. The molecule has 2 unspecified atom stereocenters. The van der Waals surface area contributed by atoms with Crippen molar-refractivity contribution in [1.82, 2.24) is 4.98 Å². The van der Waals surface area contributed by atoms with Crippen LogP contribution in [0.5, 0.6) is 0 Å². The fraction of sp³-hybridized carbons (Fsp3) is 0.667. The molecule has 1 heterocycles. The van der Waals surface area contributed by atoms with Crippen molar-refractivity contribution < 1.29 is 0 Å². The second-order valence-corrected chi connectivity index (χ2v) is 4.92. The molecule has 3 heteroatoms. The van der Waals surface area contributed by atoms with Crippen LogP contribution in [0, 0.1) is 0 Å². The molecule has 0 saturated heterocycles. The molecule has 2 atom stereocenters. The summed E-state index contributed by atoms with van der Waals surface area (Å²) in [5.74, 6) is 0.627. The predicted molar refractivity (Wildman–Crippen MR) is 56.1 cm³/mol. The van der Waals surface area contributed by atoms with Crippen molar-refractivity contribution in [2.24, 2.45) is 0 Å². The molecule has 1 saturated carbocycles. The molecule has 1 aromatic heterocycles. The zero-order valence-corrected chi connectivity index (χ0v) is 8.65. The standard InChI is InChI=1S/C9H13NS2/c11-8-4-2-1-3-7(8)9-10-5-6-12-9/h5-8,11H,1-4H2. The van der Waals surface area contributed by atoms with E-state index in [-0.39, 0.29) is 0 Å². The molecule has 66 valence electrons. The lowest BCUT2D eigenvalue weighted by atomic mass is 9.89. The highest BCUT2D eigenvalue weighted by Crippen LogP contribution is 2.36. The quantitative estimate of drug-likeness (QED) is 0.686. The SMILES string of the molecule is SC1CCCCC1c1nccs1. The van der Waals surface area contributed by atoms with Gasteiger partial charge in [-0.25, -0.2) is 4.98 Å². The molecular weight excluding hydrogens is 186 g/mol. The van der Waals surface area contributed by atoms with Gasteiger partial charge in [0, 0.05) is 22.7 Å². The van der Waals surface area contributed by atoms with Crippen molar-refractivity contribution >= 4 is 24.0 Å². The van der Waals surface area contributed by atoms with Crippen LogP contribution in [0.1, 0.15) is 36.6 Å². The second kappa shape index (κ2) is 3.79. The molecule has 1 aliphatic carbocycles. The van der Waals surface area contributed by atoms with Crippen LogP contribution in [-0.2, 0) is 0 Å². The smallest absolute Gasteiger partial charge is 0.0966 e. The predicted octanol–water partition coefficient (Wildman–Crippen LogP) is 3.10. The first-order valence-electron chi connectivity index (χ1n) is 4.45. The van der Waals surface area contributed by atoms with Gasteiger partial charge >= 0.3 is 0 Å². The van der Waals surface area contributed by atoms with Crippen LogP contribution in [0.2, 0.25) is 0 Å². The molecule has 0 bridgehead atoms. The fourth-order valence-corrected chi connectivity index (χ4v) is 3.23. The zero-order chi connectivity index (χ0) is 8.39. The summed E-state index contributed by atoms with van der Waals surface area (Å²) in [6.07, 6.45) is 7.13. The highest BCUT2D eigenvalue weighted by Gasteiger charge is 2.25. The lowest BCUT2D eigenvalue weighted by Gasteiger charge is -2.25. The summed E-state index contributed by atoms with van der Waals surface area (Å²) in [7, 11) is 0. The zero-order valence-electron chi connectivity index (χ0n) is 6.94. The molecule has 2 rings (SSSR count). The maximum Gasteiger partial charge on any atom is 0.0966 e. The molecule has 0 amide bonds. The first-order valence-corrected chi connectivity index (χ1v) is 5.85. The number of hydrogen-bond donors (Lipinski definition) is 1. The number of nitrogens with zero attached hydrogens (tertiary/aromatic N) is 1. The summed E-state index contributed by atoms with van der Waals surface area (Å²) in [5, 5.41) is 3.89. The Morgan fingerprint density at radius 3 is 2.92 bits per heavy atom. The molecule has 1 aliphatic rings. The molecule has 1 nitrogen and oxygen atoms in total. The lowest BCUT2D eigenvalue weighted by Crippen LogP contribution is -2.17. The van der Waals surface area contributed by atoms with E-state index in [1.807, 2.05) is 6.20 Å². The molecule has 12 heavy (non-hydrogen) atoms. The van der Waals surface area contributed by atoms with Gasteiger partial charge in [0.1, 0.15) is 0 Å². The van der Waals surface area contributed by atoms with Gasteiger partial charge in [0.2, 0.25) is 0 Å². The van der Waals surface area contributed by atoms with E-state index in [9.17, 15) is 0 Å². The summed E-state index contributed by atoms with van der Waals surface area (Å²) in [6.45, 7) is 0. The summed E-state index contributed by atoms with van der Waals surface area (Å²) >= 11 is 6.38. The highest BCUT2D eigenvalue weighted by atomic mass is 32.1. The van der Waals surface area contributed by atoms with Gasteiger partial charge in [-0.1, -0.05) is 12.8 Å². The number of rotatable bonds is 1. The van der Waals surface area contributed by atoms with Gasteiger partial charge in [0.05, 0.1) is 5.01 Å². The van der Waals surface area contributed by atoms with Crippen LogP contribution in [-0.4, -0.2) is 10.2 Å². The van der Waals surface area contributed by atoms with Gasteiger partial charge in [0.15, 0.2) is 0 Å². The van der Waals surface area contributed by atoms with Gasteiger partial charge in [-0.05, 0) is 12.8 Å². The molecule has 0 aromatic carbocycles. The molecule has 1 aromatic rings. The first-order chi connectivity index (χ1) is 5.88. The van der Waals surface area contributed by atoms with Crippen molar-refractivity contribution in [3.05, 3.63) is 16.6 Å². The maximum atomic E-state index is 4.61.